The summed E-state index contributed by atoms with van der Waals surface area (Å²) in [6, 6.07) is 13.3. The molecule has 2 bridgehead atoms. The number of amides is 1. The average molecular weight is 681 g/mol. The molecule has 7 rings (SSSR count). The van der Waals surface area contributed by atoms with E-state index in [1.54, 1.807) is 31.3 Å². The number of hydrogen-bond donors (Lipinski definition) is 2. The number of nitrogens with one attached hydrogen (secondary N) is 1. The molecule has 6 atom stereocenters. The minimum absolute atomic E-state index is 0.0450. The second-order valence-electron chi connectivity index (χ2n) is 14.6. The van der Waals surface area contributed by atoms with Gasteiger partial charge in [0.1, 0.15) is 5.75 Å². The lowest BCUT2D eigenvalue weighted by Gasteiger charge is -2.50. The Kier molecular flexibility index (Phi) is 8.58. The Morgan fingerprint density at radius 2 is 1.96 bits per heavy atom. The predicted molar refractivity (Wildman–Crippen MR) is 182 cm³/mol. The number of halogens is 1. The van der Waals surface area contributed by atoms with Crippen molar-refractivity contribution in [1.82, 2.24) is 14.5 Å². The van der Waals surface area contributed by atoms with E-state index in [4.69, 9.17) is 16.3 Å². The number of carbonyl (C=O) groups is 1. The zero-order valence-electron chi connectivity index (χ0n) is 27.2. The molecular weight excluding hydrogens is 636 g/mol. The number of aromatic nitrogens is 2. The molecule has 0 saturated heterocycles. The summed E-state index contributed by atoms with van der Waals surface area (Å²) in [5, 5.41) is 16.8. The van der Waals surface area contributed by atoms with Gasteiger partial charge in [-0.05, 0) is 117 Å². The maximum Gasteiger partial charge on any atom is 0.264 e. The molecular formula is C36H45ClN4O5S. The lowest BCUT2D eigenvalue weighted by molar-refractivity contribution is -0.101. The number of ether oxygens (including phenoxy) is 1. The van der Waals surface area contributed by atoms with Crippen LogP contribution >= 0.6 is 11.6 Å². The summed E-state index contributed by atoms with van der Waals surface area (Å²) < 4.78 is 37.6. The van der Waals surface area contributed by atoms with Gasteiger partial charge in [0.15, 0.2) is 0 Å². The zero-order valence-corrected chi connectivity index (χ0v) is 28.8. The summed E-state index contributed by atoms with van der Waals surface area (Å²) in [4.78, 5) is 15.8. The van der Waals surface area contributed by atoms with E-state index < -0.39 is 26.8 Å². The topological polar surface area (TPSA) is 114 Å². The van der Waals surface area contributed by atoms with Crippen LogP contribution in [0.3, 0.4) is 0 Å². The Balaban J connectivity index is 1.31. The van der Waals surface area contributed by atoms with Gasteiger partial charge in [-0.2, -0.15) is 5.10 Å². The fourth-order valence-corrected chi connectivity index (χ4v) is 10.1. The first-order valence-electron chi connectivity index (χ1n) is 17.0. The van der Waals surface area contributed by atoms with E-state index in [9.17, 15) is 18.3 Å². The van der Waals surface area contributed by atoms with Crippen LogP contribution in [0.1, 0.15) is 80.3 Å². The summed E-state index contributed by atoms with van der Waals surface area (Å²) in [5.74, 6) is 0.0935. The standard InChI is InChI=1S/C36H45ClN4O5S/c1-24-6-3-15-36(43,22-41-17-5-16-38-41)31-11-8-28(31)20-40-21-35(14-4-7-26-18-29(37)10-12-30(26)35)23-46-33-13-9-27(19-32(33)40)34(42)39-47(44,45)25(24)2/h5,9-10,12-13,16-19,24-25,28,31,43H,3-4,6-8,11,14-15,20-23H2,1-2H3,(H,39,42)/t24-,25+,28-,31+,35-,36+/m0/s1. The minimum Gasteiger partial charge on any atom is -0.490 e. The zero-order chi connectivity index (χ0) is 33.0. The molecule has 9 nitrogen and oxygen atoms in total. The predicted octanol–water partition coefficient (Wildman–Crippen LogP) is 5.74. The molecule has 11 heteroatoms. The fourth-order valence-electron chi connectivity index (χ4n) is 8.64. The number of benzene rings is 2. The molecule has 252 valence electrons. The third-order valence-corrected chi connectivity index (χ3v) is 13.8. The second-order valence-corrected chi connectivity index (χ2v) is 17.1. The van der Waals surface area contributed by atoms with Crippen molar-refractivity contribution in [3.8, 4) is 5.75 Å². The lowest BCUT2D eigenvalue weighted by atomic mass is 9.62. The summed E-state index contributed by atoms with van der Waals surface area (Å²) in [6.45, 7) is 5.79. The molecule has 3 heterocycles. The van der Waals surface area contributed by atoms with Crippen LogP contribution in [-0.2, 0) is 28.4 Å². The largest absolute Gasteiger partial charge is 0.490 e. The first-order chi connectivity index (χ1) is 22.5. The highest BCUT2D eigenvalue weighted by Crippen LogP contribution is 2.49. The molecule has 1 saturated carbocycles. The maximum absolute atomic E-state index is 13.5. The van der Waals surface area contributed by atoms with Crippen molar-refractivity contribution in [2.45, 2.75) is 88.0 Å². The highest BCUT2D eigenvalue weighted by Gasteiger charge is 2.49. The van der Waals surface area contributed by atoms with E-state index in [0.29, 0.717) is 51.3 Å². The molecule has 47 heavy (non-hydrogen) atoms. The van der Waals surface area contributed by atoms with Gasteiger partial charge < -0.3 is 14.7 Å². The highest BCUT2D eigenvalue weighted by atomic mass is 35.5. The Morgan fingerprint density at radius 3 is 2.72 bits per heavy atom. The molecule has 2 aromatic carbocycles. The van der Waals surface area contributed by atoms with E-state index in [-0.39, 0.29) is 28.7 Å². The maximum atomic E-state index is 13.5. The number of aliphatic hydroxyl groups is 1. The Bertz CT molecular complexity index is 1750. The lowest BCUT2D eigenvalue weighted by Crippen LogP contribution is -2.54. The van der Waals surface area contributed by atoms with Crippen LogP contribution in [0.4, 0.5) is 5.69 Å². The highest BCUT2D eigenvalue weighted by molar-refractivity contribution is 7.90. The number of rotatable bonds is 2. The number of nitrogens with zero attached hydrogens (tertiary/aromatic N) is 3. The molecule has 0 unspecified atom stereocenters. The van der Waals surface area contributed by atoms with Gasteiger partial charge in [0.05, 0.1) is 29.7 Å². The number of aryl methyl sites for hydroxylation is 1. The molecule has 1 aromatic heterocycles. The quantitative estimate of drug-likeness (QED) is 0.355. The summed E-state index contributed by atoms with van der Waals surface area (Å²) >= 11 is 6.44. The molecule has 1 amide bonds. The summed E-state index contributed by atoms with van der Waals surface area (Å²) in [5.41, 5.74) is 2.26. The first kappa shape index (κ1) is 32.5. The van der Waals surface area contributed by atoms with Crippen LogP contribution in [0.25, 0.3) is 0 Å². The smallest absolute Gasteiger partial charge is 0.264 e. The number of carbonyl (C=O) groups excluding carboxylic acids is 1. The van der Waals surface area contributed by atoms with Gasteiger partial charge in [0, 0.05) is 41.5 Å². The van der Waals surface area contributed by atoms with Gasteiger partial charge in [-0.1, -0.05) is 31.0 Å². The molecule has 2 aliphatic carbocycles. The Labute approximate surface area is 282 Å². The summed E-state index contributed by atoms with van der Waals surface area (Å²) in [6.07, 6.45) is 10.3. The average Bonchev–Trinajstić information content (AvgIpc) is 3.47. The van der Waals surface area contributed by atoms with Gasteiger partial charge in [0.2, 0.25) is 10.0 Å². The monoisotopic (exact) mass is 680 g/mol. The summed E-state index contributed by atoms with van der Waals surface area (Å²) in [7, 11) is -3.95. The SMILES string of the molecule is C[C@@H]1[C@@H](C)CCC[C@@](O)(Cn2cccn2)[C@@H]2CC[C@H]2CN2C[C@@]3(CCCc4cc(Cl)ccc43)COc3ccc(cc32)C(=O)NS1(=O)=O. The van der Waals surface area contributed by atoms with E-state index in [0.717, 1.165) is 42.8 Å². The second kappa shape index (κ2) is 12.4. The Hall–Kier alpha value is -3.08. The minimum atomic E-state index is -3.95. The van der Waals surface area contributed by atoms with Gasteiger partial charge >= 0.3 is 0 Å². The van der Waals surface area contributed by atoms with Crippen LogP contribution < -0.4 is 14.4 Å². The van der Waals surface area contributed by atoms with Crippen molar-refractivity contribution in [2.75, 3.05) is 24.6 Å². The van der Waals surface area contributed by atoms with Gasteiger partial charge in [-0.15, -0.1) is 0 Å². The fraction of sp³-hybridized carbons (Fsp3) is 0.556. The van der Waals surface area contributed by atoms with Crippen molar-refractivity contribution < 1.29 is 23.1 Å². The number of anilines is 1. The molecule has 2 aliphatic heterocycles. The number of fused-ring (bicyclic) bond motifs is 4. The van der Waals surface area contributed by atoms with E-state index >= 15 is 0 Å². The first-order valence-corrected chi connectivity index (χ1v) is 19.0. The van der Waals surface area contributed by atoms with Crippen molar-refractivity contribution in [1.29, 1.82) is 0 Å². The number of hydrogen-bond acceptors (Lipinski definition) is 7. The Morgan fingerprint density at radius 1 is 1.11 bits per heavy atom. The van der Waals surface area contributed by atoms with E-state index in [1.165, 1.54) is 11.1 Å². The third kappa shape index (κ3) is 6.17. The van der Waals surface area contributed by atoms with Crippen LogP contribution in [0.5, 0.6) is 5.75 Å². The van der Waals surface area contributed by atoms with Crippen LogP contribution in [0, 0.1) is 17.8 Å². The van der Waals surface area contributed by atoms with Crippen molar-refractivity contribution in [2.24, 2.45) is 17.8 Å². The third-order valence-electron chi connectivity index (χ3n) is 11.7. The molecule has 2 N–H and O–H groups in total. The van der Waals surface area contributed by atoms with Crippen LogP contribution in [0.15, 0.2) is 54.9 Å². The normalized spacial score (nSPS) is 32.3. The van der Waals surface area contributed by atoms with Gasteiger partial charge in [-0.25, -0.2) is 13.1 Å². The molecule has 3 aromatic rings. The molecule has 4 aliphatic rings. The van der Waals surface area contributed by atoms with Crippen molar-refractivity contribution in [3.63, 3.8) is 0 Å². The van der Waals surface area contributed by atoms with Crippen molar-refractivity contribution in [3.05, 3.63) is 76.6 Å². The van der Waals surface area contributed by atoms with E-state index in [2.05, 4.69) is 26.9 Å². The van der Waals surface area contributed by atoms with Crippen LogP contribution in [0.2, 0.25) is 5.02 Å². The van der Waals surface area contributed by atoms with Gasteiger partial charge in [-0.3, -0.25) is 9.48 Å². The van der Waals surface area contributed by atoms with Crippen molar-refractivity contribution >= 4 is 33.2 Å². The van der Waals surface area contributed by atoms with Gasteiger partial charge in [0.25, 0.3) is 5.91 Å². The van der Waals surface area contributed by atoms with E-state index in [1.807, 2.05) is 29.9 Å². The molecule has 0 radical (unpaired) electrons. The molecule has 1 spiro atoms. The van der Waals surface area contributed by atoms with Crippen LogP contribution in [-0.4, -0.2) is 59.8 Å². The molecule has 1 fully saturated rings. The number of sulfonamides is 1.